The van der Waals surface area contributed by atoms with E-state index in [0.717, 1.165) is 38.5 Å². The number of nitrogens with one attached hydrogen (secondary N) is 1. The Morgan fingerprint density at radius 1 is 1.10 bits per heavy atom. The average Bonchev–Trinajstić information content (AvgIpc) is 2.49. The van der Waals surface area contributed by atoms with E-state index in [-0.39, 0.29) is 0 Å². The zero-order valence-corrected chi connectivity index (χ0v) is 12.0. The number of benzene rings is 1. The van der Waals surface area contributed by atoms with Gasteiger partial charge in [-0.15, -0.1) is 0 Å². The van der Waals surface area contributed by atoms with Gasteiger partial charge >= 0.3 is 0 Å². The number of rotatable bonds is 3. The highest BCUT2D eigenvalue weighted by Crippen LogP contribution is 2.13. The molecule has 1 N–H and O–H groups in total. The monoisotopic (exact) mass is 287 g/mol. The van der Waals surface area contributed by atoms with Crippen LogP contribution in [0, 0.1) is 4.77 Å². The van der Waals surface area contributed by atoms with Gasteiger partial charge in [-0.3, -0.25) is 10.00 Å². The van der Waals surface area contributed by atoms with Crippen molar-refractivity contribution < 1.29 is 0 Å². The highest BCUT2D eigenvalue weighted by atomic mass is 32.1. The van der Waals surface area contributed by atoms with E-state index in [0.29, 0.717) is 4.77 Å². The molecule has 6 heteroatoms. The van der Waals surface area contributed by atoms with Gasteiger partial charge in [0.2, 0.25) is 4.77 Å². The molecule has 20 heavy (non-hydrogen) atoms. The second-order valence-corrected chi connectivity index (χ2v) is 5.28. The summed E-state index contributed by atoms with van der Waals surface area (Å²) in [6.07, 6.45) is 1.74. The Hall–Kier alpha value is -1.79. The summed E-state index contributed by atoms with van der Waals surface area (Å²) in [6.45, 7) is 4.99. The van der Waals surface area contributed by atoms with Crippen molar-refractivity contribution in [2.45, 2.75) is 6.54 Å². The molecular formula is C14H17N5S. The SMILES string of the molecule is S=c1nc(N2CCN(Cc3ccccc3)CC2)cn[nH]1. The molecule has 2 aromatic rings. The summed E-state index contributed by atoms with van der Waals surface area (Å²) in [7, 11) is 0. The first kappa shape index (κ1) is 13.2. The topological polar surface area (TPSA) is 48.1 Å². The maximum atomic E-state index is 5.01. The molecule has 1 saturated heterocycles. The van der Waals surface area contributed by atoms with E-state index in [2.05, 4.69) is 55.3 Å². The van der Waals surface area contributed by atoms with Crippen molar-refractivity contribution in [3.05, 3.63) is 46.9 Å². The van der Waals surface area contributed by atoms with Crippen LogP contribution in [0.25, 0.3) is 0 Å². The number of aromatic nitrogens is 3. The van der Waals surface area contributed by atoms with Gasteiger partial charge in [-0.05, 0) is 17.8 Å². The number of aromatic amines is 1. The number of nitrogens with zero attached hydrogens (tertiary/aromatic N) is 4. The van der Waals surface area contributed by atoms with Crippen LogP contribution in [-0.4, -0.2) is 46.3 Å². The van der Waals surface area contributed by atoms with Gasteiger partial charge in [-0.1, -0.05) is 30.3 Å². The summed E-state index contributed by atoms with van der Waals surface area (Å²) >= 11 is 5.01. The molecule has 0 radical (unpaired) electrons. The molecule has 0 atom stereocenters. The van der Waals surface area contributed by atoms with Crippen molar-refractivity contribution >= 4 is 18.0 Å². The van der Waals surface area contributed by atoms with Crippen LogP contribution in [0.15, 0.2) is 36.5 Å². The van der Waals surface area contributed by atoms with E-state index in [1.54, 1.807) is 6.20 Å². The Balaban J connectivity index is 1.58. The van der Waals surface area contributed by atoms with Gasteiger partial charge in [0.15, 0.2) is 5.82 Å². The minimum absolute atomic E-state index is 0.439. The zero-order valence-electron chi connectivity index (χ0n) is 11.2. The van der Waals surface area contributed by atoms with Crippen molar-refractivity contribution in [1.82, 2.24) is 20.1 Å². The first-order valence-corrected chi connectivity index (χ1v) is 7.15. The van der Waals surface area contributed by atoms with Crippen molar-refractivity contribution in [3.8, 4) is 0 Å². The van der Waals surface area contributed by atoms with E-state index in [4.69, 9.17) is 12.2 Å². The number of hydrogen-bond donors (Lipinski definition) is 1. The molecule has 0 unspecified atom stereocenters. The molecule has 0 aliphatic carbocycles. The Kier molecular flexibility index (Phi) is 4.03. The van der Waals surface area contributed by atoms with E-state index >= 15 is 0 Å². The van der Waals surface area contributed by atoms with Crippen LogP contribution in [-0.2, 0) is 6.54 Å². The van der Waals surface area contributed by atoms with Crippen LogP contribution in [0.1, 0.15) is 5.56 Å². The summed E-state index contributed by atoms with van der Waals surface area (Å²) < 4.78 is 0.439. The number of anilines is 1. The highest BCUT2D eigenvalue weighted by molar-refractivity contribution is 7.71. The van der Waals surface area contributed by atoms with Gasteiger partial charge in [0.05, 0.1) is 6.20 Å². The molecule has 1 aliphatic rings. The van der Waals surface area contributed by atoms with Gasteiger partial charge in [-0.2, -0.15) is 10.1 Å². The number of piperazine rings is 1. The minimum Gasteiger partial charge on any atom is -0.353 e. The molecule has 0 spiro atoms. The summed E-state index contributed by atoms with van der Waals surface area (Å²) in [5.74, 6) is 0.869. The van der Waals surface area contributed by atoms with Crippen molar-refractivity contribution in [2.75, 3.05) is 31.1 Å². The maximum absolute atomic E-state index is 5.01. The van der Waals surface area contributed by atoms with Gasteiger partial charge in [-0.25, -0.2) is 0 Å². The van der Waals surface area contributed by atoms with Gasteiger partial charge in [0, 0.05) is 32.7 Å². The fourth-order valence-corrected chi connectivity index (χ4v) is 2.58. The summed E-state index contributed by atoms with van der Waals surface area (Å²) in [5, 5.41) is 6.67. The first-order chi connectivity index (χ1) is 9.81. The third kappa shape index (κ3) is 3.20. The Labute approximate surface area is 123 Å². The largest absolute Gasteiger partial charge is 0.353 e. The van der Waals surface area contributed by atoms with E-state index < -0.39 is 0 Å². The summed E-state index contributed by atoms with van der Waals surface area (Å²) in [5.41, 5.74) is 1.36. The van der Waals surface area contributed by atoms with Crippen molar-refractivity contribution in [1.29, 1.82) is 0 Å². The number of H-pyrrole nitrogens is 1. The zero-order chi connectivity index (χ0) is 13.8. The van der Waals surface area contributed by atoms with Crippen molar-refractivity contribution in [2.24, 2.45) is 0 Å². The Morgan fingerprint density at radius 3 is 2.55 bits per heavy atom. The van der Waals surface area contributed by atoms with Crippen LogP contribution in [0.5, 0.6) is 0 Å². The van der Waals surface area contributed by atoms with Gasteiger partial charge < -0.3 is 4.90 Å². The fourth-order valence-electron chi connectivity index (χ4n) is 2.43. The Morgan fingerprint density at radius 2 is 1.85 bits per heavy atom. The molecule has 5 nitrogen and oxygen atoms in total. The third-order valence-corrected chi connectivity index (χ3v) is 3.68. The van der Waals surface area contributed by atoms with Crippen molar-refractivity contribution in [3.63, 3.8) is 0 Å². The molecule has 0 amide bonds. The second-order valence-electron chi connectivity index (χ2n) is 4.89. The fraction of sp³-hybridized carbons (Fsp3) is 0.357. The lowest BCUT2D eigenvalue weighted by Crippen LogP contribution is -2.46. The minimum atomic E-state index is 0.439. The van der Waals surface area contributed by atoms with Gasteiger partial charge in [0.25, 0.3) is 0 Å². The molecule has 104 valence electrons. The first-order valence-electron chi connectivity index (χ1n) is 6.74. The van der Waals surface area contributed by atoms with Crippen LogP contribution < -0.4 is 4.90 Å². The molecule has 2 heterocycles. The maximum Gasteiger partial charge on any atom is 0.215 e. The van der Waals surface area contributed by atoms with Crippen LogP contribution in [0.4, 0.5) is 5.82 Å². The van der Waals surface area contributed by atoms with E-state index in [1.165, 1.54) is 5.56 Å². The lowest BCUT2D eigenvalue weighted by molar-refractivity contribution is 0.249. The molecule has 1 aromatic heterocycles. The predicted molar refractivity (Wildman–Crippen MR) is 81.1 cm³/mol. The van der Waals surface area contributed by atoms with E-state index in [1.807, 2.05) is 0 Å². The predicted octanol–water partition coefficient (Wildman–Crippen LogP) is 1.86. The van der Waals surface area contributed by atoms with Crippen LogP contribution in [0.2, 0.25) is 0 Å². The summed E-state index contributed by atoms with van der Waals surface area (Å²) in [4.78, 5) is 9.01. The quantitative estimate of drug-likeness (QED) is 0.873. The molecule has 1 aromatic carbocycles. The normalized spacial score (nSPS) is 16.3. The molecule has 1 fully saturated rings. The molecule has 0 bridgehead atoms. The van der Waals surface area contributed by atoms with Crippen LogP contribution >= 0.6 is 12.2 Å². The molecule has 0 saturated carbocycles. The second kappa shape index (κ2) is 6.11. The lowest BCUT2D eigenvalue weighted by atomic mass is 10.2. The highest BCUT2D eigenvalue weighted by Gasteiger charge is 2.18. The van der Waals surface area contributed by atoms with Crippen LogP contribution in [0.3, 0.4) is 0 Å². The molecule has 1 aliphatic heterocycles. The standard InChI is InChI=1S/C14H17N5S/c20-14-16-13(10-15-17-14)19-8-6-18(7-9-19)11-12-4-2-1-3-5-12/h1-5,10H,6-9,11H2,(H,16,17,20). The smallest absolute Gasteiger partial charge is 0.215 e. The number of hydrogen-bond acceptors (Lipinski definition) is 5. The summed E-state index contributed by atoms with van der Waals surface area (Å²) in [6, 6.07) is 10.6. The van der Waals surface area contributed by atoms with E-state index in [9.17, 15) is 0 Å². The average molecular weight is 287 g/mol. The molecule has 3 rings (SSSR count). The lowest BCUT2D eigenvalue weighted by Gasteiger charge is -2.35. The third-order valence-electron chi connectivity index (χ3n) is 3.50. The van der Waals surface area contributed by atoms with Gasteiger partial charge in [0.1, 0.15) is 0 Å². The Bertz CT molecular complexity index is 604. The molecular weight excluding hydrogens is 270 g/mol.